The summed E-state index contributed by atoms with van der Waals surface area (Å²) in [4.78, 5) is 9.03. The minimum absolute atomic E-state index is 0.424. The summed E-state index contributed by atoms with van der Waals surface area (Å²) >= 11 is 2.15. The van der Waals surface area contributed by atoms with Gasteiger partial charge in [0.2, 0.25) is 0 Å². The number of anilines is 1. The monoisotopic (exact) mass is 379 g/mol. The van der Waals surface area contributed by atoms with E-state index in [-0.39, 0.29) is 0 Å². The summed E-state index contributed by atoms with van der Waals surface area (Å²) in [5.41, 5.74) is 6.34. The zero-order valence-electron chi connectivity index (χ0n) is 12.0. The van der Waals surface area contributed by atoms with Crippen LogP contribution < -0.4 is 5.73 Å². The van der Waals surface area contributed by atoms with Gasteiger partial charge in [0, 0.05) is 13.7 Å². The number of hydrogen-bond acceptors (Lipinski definition) is 5. The predicted molar refractivity (Wildman–Crippen MR) is 83.8 cm³/mol. The van der Waals surface area contributed by atoms with Crippen molar-refractivity contribution in [1.29, 1.82) is 0 Å². The van der Waals surface area contributed by atoms with Gasteiger partial charge in [0.05, 0.1) is 15.9 Å². The Kier molecular flexibility index (Phi) is 6.41. The lowest BCUT2D eigenvalue weighted by molar-refractivity contribution is -0.0573. The SMILES string of the molecule is CCOC(CC)(CC)c1nc(N)c(I)c(COC)n1. The van der Waals surface area contributed by atoms with Crippen molar-refractivity contribution < 1.29 is 9.47 Å². The molecule has 2 N–H and O–H groups in total. The van der Waals surface area contributed by atoms with Gasteiger partial charge in [0.1, 0.15) is 11.4 Å². The van der Waals surface area contributed by atoms with Crippen molar-refractivity contribution in [3.63, 3.8) is 0 Å². The number of nitrogens with zero attached hydrogens (tertiary/aromatic N) is 2. The molecule has 19 heavy (non-hydrogen) atoms. The highest BCUT2D eigenvalue weighted by Crippen LogP contribution is 2.32. The molecule has 0 amide bonds. The molecule has 0 radical (unpaired) electrons. The highest BCUT2D eigenvalue weighted by atomic mass is 127. The third-order valence-electron chi connectivity index (χ3n) is 3.20. The first-order chi connectivity index (χ1) is 9.04. The molecule has 0 aliphatic rings. The van der Waals surface area contributed by atoms with Gasteiger partial charge in [-0.05, 0) is 42.4 Å². The molecule has 108 valence electrons. The number of aromatic nitrogens is 2. The van der Waals surface area contributed by atoms with E-state index in [0.29, 0.717) is 24.9 Å². The van der Waals surface area contributed by atoms with Gasteiger partial charge >= 0.3 is 0 Å². The number of nitrogen functional groups attached to an aromatic ring is 1. The molecule has 0 spiro atoms. The molecule has 1 heterocycles. The minimum atomic E-state index is -0.463. The summed E-state index contributed by atoms with van der Waals surface area (Å²) in [5, 5.41) is 0. The molecule has 0 saturated carbocycles. The molecule has 6 heteroatoms. The summed E-state index contributed by atoms with van der Waals surface area (Å²) in [6.07, 6.45) is 1.62. The second-order valence-electron chi connectivity index (χ2n) is 4.26. The third-order valence-corrected chi connectivity index (χ3v) is 4.37. The molecule has 1 aromatic rings. The lowest BCUT2D eigenvalue weighted by atomic mass is 9.95. The van der Waals surface area contributed by atoms with Crippen LogP contribution in [0, 0.1) is 3.57 Å². The number of methoxy groups -OCH3 is 1. The molecule has 0 aliphatic carbocycles. The van der Waals surface area contributed by atoms with Gasteiger partial charge < -0.3 is 15.2 Å². The van der Waals surface area contributed by atoms with Crippen LogP contribution in [0.15, 0.2) is 0 Å². The topological polar surface area (TPSA) is 70.3 Å². The molecule has 0 bridgehead atoms. The van der Waals surface area contributed by atoms with E-state index in [1.54, 1.807) is 7.11 Å². The predicted octanol–water partition coefficient (Wildman–Crippen LogP) is 2.86. The molecule has 0 unspecified atom stereocenters. The van der Waals surface area contributed by atoms with Gasteiger partial charge in [-0.1, -0.05) is 13.8 Å². The summed E-state index contributed by atoms with van der Waals surface area (Å²) in [7, 11) is 1.64. The van der Waals surface area contributed by atoms with Crippen LogP contribution in [0.1, 0.15) is 45.1 Å². The maximum absolute atomic E-state index is 5.98. The van der Waals surface area contributed by atoms with Crippen molar-refractivity contribution >= 4 is 28.4 Å². The minimum Gasteiger partial charge on any atom is -0.383 e. The van der Waals surface area contributed by atoms with E-state index in [9.17, 15) is 0 Å². The first-order valence-corrected chi connectivity index (χ1v) is 7.57. The maximum atomic E-state index is 5.98. The number of halogens is 1. The quantitative estimate of drug-likeness (QED) is 0.738. The zero-order valence-corrected chi connectivity index (χ0v) is 14.2. The average molecular weight is 379 g/mol. The Morgan fingerprint density at radius 2 is 1.84 bits per heavy atom. The highest BCUT2D eigenvalue weighted by Gasteiger charge is 2.33. The first kappa shape index (κ1) is 16.6. The van der Waals surface area contributed by atoms with Crippen LogP contribution in [-0.4, -0.2) is 23.7 Å². The summed E-state index contributed by atoms with van der Waals surface area (Å²) < 4.78 is 11.9. The standard InChI is InChI=1S/C13H22IN3O2/c1-5-13(6-2,19-7-3)12-16-9(8-18-4)10(14)11(15)17-12/h5-8H2,1-4H3,(H2,15,16,17). The Morgan fingerprint density at radius 3 is 2.32 bits per heavy atom. The molecule has 0 saturated heterocycles. The molecule has 0 aliphatic heterocycles. The normalized spacial score (nSPS) is 11.8. The lowest BCUT2D eigenvalue weighted by Crippen LogP contribution is -2.32. The molecular weight excluding hydrogens is 357 g/mol. The van der Waals surface area contributed by atoms with Crippen molar-refractivity contribution in [2.75, 3.05) is 19.5 Å². The molecule has 1 aromatic heterocycles. The molecule has 5 nitrogen and oxygen atoms in total. The zero-order chi connectivity index (χ0) is 14.5. The average Bonchev–Trinajstić information content (AvgIpc) is 2.41. The van der Waals surface area contributed by atoms with E-state index < -0.39 is 5.60 Å². The van der Waals surface area contributed by atoms with Crippen LogP contribution in [0.2, 0.25) is 0 Å². The van der Waals surface area contributed by atoms with E-state index in [1.807, 2.05) is 6.92 Å². The van der Waals surface area contributed by atoms with Crippen molar-refractivity contribution in [2.45, 2.75) is 45.8 Å². The van der Waals surface area contributed by atoms with Gasteiger partial charge in [0.25, 0.3) is 0 Å². The van der Waals surface area contributed by atoms with Crippen LogP contribution in [0.4, 0.5) is 5.82 Å². The van der Waals surface area contributed by atoms with Crippen LogP contribution >= 0.6 is 22.6 Å². The number of ether oxygens (including phenoxy) is 2. The van der Waals surface area contributed by atoms with Gasteiger partial charge in [-0.3, -0.25) is 0 Å². The van der Waals surface area contributed by atoms with Crippen LogP contribution in [0.3, 0.4) is 0 Å². The smallest absolute Gasteiger partial charge is 0.163 e. The third kappa shape index (κ3) is 3.55. The Labute approximate surface area is 128 Å². The van der Waals surface area contributed by atoms with Crippen molar-refractivity contribution in [2.24, 2.45) is 0 Å². The second-order valence-corrected chi connectivity index (χ2v) is 5.34. The highest BCUT2D eigenvalue weighted by molar-refractivity contribution is 14.1. The molecule has 0 atom stereocenters. The van der Waals surface area contributed by atoms with Gasteiger partial charge in [-0.2, -0.15) is 0 Å². The van der Waals surface area contributed by atoms with Crippen molar-refractivity contribution in [1.82, 2.24) is 9.97 Å². The number of hydrogen-bond donors (Lipinski definition) is 1. The van der Waals surface area contributed by atoms with Gasteiger partial charge in [0.15, 0.2) is 5.82 Å². The molecule has 0 fully saturated rings. The van der Waals surface area contributed by atoms with E-state index in [2.05, 4.69) is 46.4 Å². The molecule has 0 aromatic carbocycles. The Morgan fingerprint density at radius 1 is 1.21 bits per heavy atom. The molecular formula is C13H22IN3O2. The largest absolute Gasteiger partial charge is 0.383 e. The fourth-order valence-electron chi connectivity index (χ4n) is 2.06. The van der Waals surface area contributed by atoms with E-state index >= 15 is 0 Å². The van der Waals surface area contributed by atoms with Crippen LogP contribution in [0.5, 0.6) is 0 Å². The number of rotatable bonds is 7. The fraction of sp³-hybridized carbons (Fsp3) is 0.692. The van der Waals surface area contributed by atoms with Crippen LogP contribution in [-0.2, 0) is 21.7 Å². The first-order valence-electron chi connectivity index (χ1n) is 6.49. The van der Waals surface area contributed by atoms with Crippen molar-refractivity contribution in [3.8, 4) is 0 Å². The van der Waals surface area contributed by atoms with E-state index in [0.717, 1.165) is 22.1 Å². The fourth-order valence-corrected chi connectivity index (χ4v) is 2.46. The van der Waals surface area contributed by atoms with E-state index in [4.69, 9.17) is 15.2 Å². The summed E-state index contributed by atoms with van der Waals surface area (Å²) in [5.74, 6) is 1.15. The van der Waals surface area contributed by atoms with Gasteiger partial charge in [-0.15, -0.1) is 0 Å². The Balaban J connectivity index is 3.31. The Bertz CT molecular complexity index is 423. The second kappa shape index (κ2) is 7.35. The summed E-state index contributed by atoms with van der Waals surface area (Å²) in [6.45, 7) is 7.18. The van der Waals surface area contributed by atoms with Crippen molar-refractivity contribution in [3.05, 3.63) is 15.1 Å². The molecule has 1 rings (SSSR count). The van der Waals surface area contributed by atoms with E-state index in [1.165, 1.54) is 0 Å². The number of nitrogens with two attached hydrogens (primary N) is 1. The maximum Gasteiger partial charge on any atom is 0.163 e. The summed E-state index contributed by atoms with van der Waals surface area (Å²) in [6, 6.07) is 0. The van der Waals surface area contributed by atoms with Crippen LogP contribution in [0.25, 0.3) is 0 Å². The Hall–Kier alpha value is -0.470. The lowest BCUT2D eigenvalue weighted by Gasteiger charge is -2.30. The van der Waals surface area contributed by atoms with Gasteiger partial charge in [-0.25, -0.2) is 9.97 Å².